The molecule has 88 valence electrons. The average molecular weight is 222 g/mol. The molecule has 16 heavy (non-hydrogen) atoms. The second-order valence-corrected chi connectivity index (χ2v) is 4.17. The third kappa shape index (κ3) is 2.13. The first kappa shape index (κ1) is 11.2. The highest BCUT2D eigenvalue weighted by Crippen LogP contribution is 2.37. The summed E-state index contributed by atoms with van der Waals surface area (Å²) < 4.78 is 5.56. The van der Waals surface area contributed by atoms with Crippen molar-refractivity contribution in [2.45, 2.75) is 12.5 Å². The zero-order chi connectivity index (χ0) is 11.5. The summed E-state index contributed by atoms with van der Waals surface area (Å²) in [7, 11) is 2.08. The maximum Gasteiger partial charge on any atom is 0.127 e. The van der Waals surface area contributed by atoms with Gasteiger partial charge in [0.25, 0.3) is 0 Å². The molecule has 1 unspecified atom stereocenters. The Hall–Kier alpha value is -1.26. The summed E-state index contributed by atoms with van der Waals surface area (Å²) in [6, 6.07) is 5.59. The summed E-state index contributed by atoms with van der Waals surface area (Å²) in [6.45, 7) is 2.32. The molecule has 1 aromatic carbocycles. The first-order chi connectivity index (χ1) is 7.72. The van der Waals surface area contributed by atoms with Gasteiger partial charge in [0, 0.05) is 11.6 Å². The van der Waals surface area contributed by atoms with Crippen LogP contribution in [0.2, 0.25) is 0 Å². The van der Waals surface area contributed by atoms with Crippen LogP contribution in [0.3, 0.4) is 0 Å². The summed E-state index contributed by atoms with van der Waals surface area (Å²) >= 11 is 0. The smallest absolute Gasteiger partial charge is 0.127 e. The lowest BCUT2D eigenvalue weighted by Gasteiger charge is -2.22. The van der Waals surface area contributed by atoms with E-state index < -0.39 is 0 Å². The van der Waals surface area contributed by atoms with Gasteiger partial charge in [0.1, 0.15) is 18.1 Å². The summed E-state index contributed by atoms with van der Waals surface area (Å²) in [4.78, 5) is 2.25. The number of hydrogen-bond acceptors (Lipinski definition) is 4. The van der Waals surface area contributed by atoms with Crippen molar-refractivity contribution in [1.82, 2.24) is 4.90 Å². The fourth-order valence-electron chi connectivity index (χ4n) is 2.04. The molecule has 0 amide bonds. The van der Waals surface area contributed by atoms with Crippen molar-refractivity contribution < 1.29 is 9.84 Å². The van der Waals surface area contributed by atoms with E-state index in [1.54, 1.807) is 12.1 Å². The van der Waals surface area contributed by atoms with Crippen molar-refractivity contribution in [3.63, 3.8) is 0 Å². The van der Waals surface area contributed by atoms with Crippen LogP contribution < -0.4 is 10.5 Å². The molecule has 0 fully saturated rings. The van der Waals surface area contributed by atoms with Crippen molar-refractivity contribution in [2.75, 3.05) is 26.7 Å². The molecule has 1 aliphatic rings. The Morgan fingerprint density at radius 1 is 1.56 bits per heavy atom. The predicted octanol–water partition coefficient (Wildman–Crippen LogP) is 1.11. The van der Waals surface area contributed by atoms with Gasteiger partial charge in [0.05, 0.1) is 6.04 Å². The fraction of sp³-hybridized carbons (Fsp3) is 0.500. The van der Waals surface area contributed by atoms with Crippen LogP contribution in [0.4, 0.5) is 0 Å². The number of benzene rings is 1. The summed E-state index contributed by atoms with van der Waals surface area (Å²) in [5.41, 5.74) is 6.65. The second-order valence-electron chi connectivity index (χ2n) is 4.17. The predicted molar refractivity (Wildman–Crippen MR) is 62.6 cm³/mol. The van der Waals surface area contributed by atoms with Gasteiger partial charge < -0.3 is 15.6 Å². The van der Waals surface area contributed by atoms with Crippen molar-refractivity contribution in [3.8, 4) is 11.5 Å². The van der Waals surface area contributed by atoms with Crippen LogP contribution in [0, 0.1) is 0 Å². The molecule has 4 heteroatoms. The maximum absolute atomic E-state index is 9.35. The number of nitrogens with two attached hydrogens (primary N) is 1. The molecule has 0 saturated carbocycles. The molecule has 1 aliphatic heterocycles. The molecular formula is C12H18N2O2. The highest BCUT2D eigenvalue weighted by Gasteiger charge is 2.27. The average Bonchev–Trinajstić information content (AvgIpc) is 2.68. The molecule has 0 bridgehead atoms. The fourth-order valence-corrected chi connectivity index (χ4v) is 2.04. The summed E-state index contributed by atoms with van der Waals surface area (Å²) in [6.07, 6.45) is 0.987. The van der Waals surface area contributed by atoms with Crippen LogP contribution in [0.1, 0.15) is 18.0 Å². The topological polar surface area (TPSA) is 58.7 Å². The molecule has 1 atom stereocenters. The van der Waals surface area contributed by atoms with E-state index >= 15 is 0 Å². The highest BCUT2D eigenvalue weighted by atomic mass is 16.5. The van der Waals surface area contributed by atoms with Gasteiger partial charge in [-0.05, 0) is 38.7 Å². The van der Waals surface area contributed by atoms with Crippen molar-refractivity contribution in [3.05, 3.63) is 23.8 Å². The molecule has 2 rings (SSSR count). The number of aromatic hydroxyl groups is 1. The SMILES string of the molecule is CN(CCCN)C1COc2cc(O)ccc21. The summed E-state index contributed by atoms with van der Waals surface area (Å²) in [5.74, 6) is 1.05. The standard InChI is InChI=1S/C12H18N2O2/c1-14(6-2-5-13)11-8-16-12-7-9(15)3-4-10(11)12/h3-4,7,11,15H,2,5-6,8,13H2,1H3. The lowest BCUT2D eigenvalue weighted by atomic mass is 10.1. The van der Waals surface area contributed by atoms with E-state index in [0.717, 1.165) is 24.3 Å². The maximum atomic E-state index is 9.35. The van der Waals surface area contributed by atoms with Gasteiger partial charge in [-0.3, -0.25) is 4.90 Å². The van der Waals surface area contributed by atoms with Gasteiger partial charge in [-0.15, -0.1) is 0 Å². The Morgan fingerprint density at radius 3 is 3.12 bits per heavy atom. The van der Waals surface area contributed by atoms with E-state index in [0.29, 0.717) is 13.2 Å². The molecule has 1 aromatic rings. The third-order valence-electron chi connectivity index (χ3n) is 3.00. The molecule has 0 spiro atoms. The molecule has 0 aromatic heterocycles. The minimum absolute atomic E-state index is 0.254. The van der Waals surface area contributed by atoms with E-state index in [-0.39, 0.29) is 11.8 Å². The largest absolute Gasteiger partial charge is 0.508 e. The normalized spacial score (nSPS) is 18.6. The molecule has 4 nitrogen and oxygen atoms in total. The Morgan fingerprint density at radius 2 is 2.38 bits per heavy atom. The van der Waals surface area contributed by atoms with Gasteiger partial charge in [0.15, 0.2) is 0 Å². The lowest BCUT2D eigenvalue weighted by molar-refractivity contribution is 0.195. The summed E-state index contributed by atoms with van der Waals surface area (Å²) in [5, 5.41) is 9.35. The number of ether oxygens (including phenoxy) is 1. The first-order valence-electron chi connectivity index (χ1n) is 5.58. The number of nitrogens with zero attached hydrogens (tertiary/aromatic N) is 1. The van der Waals surface area contributed by atoms with E-state index in [9.17, 15) is 5.11 Å². The zero-order valence-electron chi connectivity index (χ0n) is 9.52. The highest BCUT2D eigenvalue weighted by molar-refractivity contribution is 5.44. The Labute approximate surface area is 95.6 Å². The molecule has 0 radical (unpaired) electrons. The van der Waals surface area contributed by atoms with Crippen LogP contribution in [-0.2, 0) is 0 Å². The second kappa shape index (κ2) is 4.72. The molecule has 3 N–H and O–H groups in total. The van der Waals surface area contributed by atoms with Crippen molar-refractivity contribution in [2.24, 2.45) is 5.73 Å². The zero-order valence-corrected chi connectivity index (χ0v) is 9.52. The number of phenols is 1. The van der Waals surface area contributed by atoms with Crippen LogP contribution in [-0.4, -0.2) is 36.8 Å². The number of hydrogen-bond donors (Lipinski definition) is 2. The minimum atomic E-state index is 0.254. The van der Waals surface area contributed by atoms with Gasteiger partial charge in [0.2, 0.25) is 0 Å². The van der Waals surface area contributed by atoms with E-state index in [1.807, 2.05) is 6.07 Å². The minimum Gasteiger partial charge on any atom is -0.508 e. The molecule has 0 saturated heterocycles. The molecule has 1 heterocycles. The van der Waals surface area contributed by atoms with Crippen LogP contribution >= 0.6 is 0 Å². The van der Waals surface area contributed by atoms with Gasteiger partial charge in [-0.25, -0.2) is 0 Å². The van der Waals surface area contributed by atoms with E-state index in [1.165, 1.54) is 0 Å². The van der Waals surface area contributed by atoms with Crippen LogP contribution in [0.5, 0.6) is 11.5 Å². The Balaban J connectivity index is 2.11. The Kier molecular flexibility index (Phi) is 3.31. The van der Waals surface area contributed by atoms with E-state index in [2.05, 4.69) is 11.9 Å². The monoisotopic (exact) mass is 222 g/mol. The molecule has 0 aliphatic carbocycles. The number of rotatable bonds is 4. The quantitative estimate of drug-likeness (QED) is 0.801. The van der Waals surface area contributed by atoms with Gasteiger partial charge >= 0.3 is 0 Å². The van der Waals surface area contributed by atoms with Gasteiger partial charge in [-0.2, -0.15) is 0 Å². The third-order valence-corrected chi connectivity index (χ3v) is 3.00. The number of phenolic OH excluding ortho intramolecular Hbond substituents is 1. The molecular weight excluding hydrogens is 204 g/mol. The first-order valence-corrected chi connectivity index (χ1v) is 5.58. The van der Waals surface area contributed by atoms with Crippen LogP contribution in [0.25, 0.3) is 0 Å². The number of fused-ring (bicyclic) bond motifs is 1. The van der Waals surface area contributed by atoms with Crippen LogP contribution in [0.15, 0.2) is 18.2 Å². The van der Waals surface area contributed by atoms with E-state index in [4.69, 9.17) is 10.5 Å². The Bertz CT molecular complexity index is 368. The number of likely N-dealkylation sites (N-methyl/N-ethyl adjacent to an activating group) is 1. The van der Waals surface area contributed by atoms with Crippen molar-refractivity contribution >= 4 is 0 Å². The lowest BCUT2D eigenvalue weighted by Crippen LogP contribution is -2.27. The van der Waals surface area contributed by atoms with Gasteiger partial charge in [-0.1, -0.05) is 0 Å². The van der Waals surface area contributed by atoms with Crippen molar-refractivity contribution in [1.29, 1.82) is 0 Å².